The van der Waals surface area contributed by atoms with E-state index in [9.17, 15) is 54.6 Å². The molecule has 3 aromatic carbocycles. The maximum atomic E-state index is 13.3. The van der Waals surface area contributed by atoms with Gasteiger partial charge in [0.25, 0.3) is 11.8 Å². The van der Waals surface area contributed by atoms with E-state index in [-0.39, 0.29) is 29.9 Å². The van der Waals surface area contributed by atoms with Crippen molar-refractivity contribution >= 4 is 51.9 Å². The number of Topliss-reactive ketones (excluding diaryl/α,β-unsaturated/α-hetero) is 2. The number of nitrogens with zero attached hydrogens (tertiary/aromatic N) is 2. The first-order valence-corrected chi connectivity index (χ1v) is 18.0. The number of hydrogen-bond acceptors (Lipinski definition) is 12. The highest BCUT2D eigenvalue weighted by atomic mass is 35.5. The standard InChI is InChI=1S/C22H24N2O8.C19H16ClNO4/c1-21(31)8-5-4-6-11(25)12(8)16(26)13-9(21)7-10-15(24(2)3)17(27)14(20(23)30)19(29)22(10,32)18(13)28;1-11-15(10-18(22)23)16-9-14(25-2)7-8-17(16)21(11)19(24)12-3-5-13(20)6-4-12/h4-6,9-10,15,25,27-28,31-32H,7H2,1-3H3,(H2,23,30);3-9H,10H2,1-2H3,(H,22,23)/t9-,10-,15-,21+,22-;/m0./s1. The van der Waals surface area contributed by atoms with Crippen LogP contribution in [0.3, 0.4) is 0 Å². The number of carboxylic acid groups (broad SMARTS) is 1. The van der Waals surface area contributed by atoms with Crippen LogP contribution in [-0.2, 0) is 26.4 Å². The van der Waals surface area contributed by atoms with Gasteiger partial charge in [-0.1, -0.05) is 23.7 Å². The van der Waals surface area contributed by atoms with Crippen LogP contribution in [0.2, 0.25) is 5.02 Å². The predicted octanol–water partition coefficient (Wildman–Crippen LogP) is 3.71. The number of carboxylic acids is 1. The van der Waals surface area contributed by atoms with E-state index in [4.69, 9.17) is 22.1 Å². The van der Waals surface area contributed by atoms with Crippen molar-refractivity contribution in [1.82, 2.24) is 9.47 Å². The van der Waals surface area contributed by atoms with Crippen molar-refractivity contribution in [2.24, 2.45) is 17.6 Å². The number of nitrogens with two attached hydrogens (primary N) is 1. The first kappa shape index (κ1) is 40.7. The molecule has 0 radical (unpaired) electrons. The van der Waals surface area contributed by atoms with Crippen molar-refractivity contribution in [2.45, 2.75) is 43.9 Å². The SMILES string of the molecule is CN(C)[C@@H]1C(O)=C(C(N)=O)C(=O)[C@@]2(O)C(O)=C3C(=O)c4c(O)cccc4[C@@](C)(O)[C@H]3C[C@@H]12.COc1ccc2c(c1)c(CC(=O)O)c(C)n2C(=O)c1ccc(Cl)cc1. The highest BCUT2D eigenvalue weighted by Gasteiger charge is 2.65. The molecule has 0 bridgehead atoms. The lowest BCUT2D eigenvalue weighted by molar-refractivity contribution is -0.152. The molecule has 1 amide bonds. The second-order valence-electron chi connectivity index (χ2n) is 14.6. The second-order valence-corrected chi connectivity index (χ2v) is 15.1. The molecule has 298 valence electrons. The van der Waals surface area contributed by atoms with Crippen LogP contribution in [0, 0.1) is 18.8 Å². The van der Waals surface area contributed by atoms with Gasteiger partial charge in [-0.25, -0.2) is 0 Å². The number of likely N-dealkylation sites (N-methyl/N-ethyl adjacent to an activating group) is 1. The van der Waals surface area contributed by atoms with Crippen LogP contribution in [-0.4, -0.2) is 102 Å². The molecule has 5 atom stereocenters. The number of benzene rings is 3. The van der Waals surface area contributed by atoms with Gasteiger partial charge in [-0.2, -0.15) is 0 Å². The molecule has 0 fully saturated rings. The Morgan fingerprint density at radius 2 is 1.67 bits per heavy atom. The van der Waals surface area contributed by atoms with Gasteiger partial charge >= 0.3 is 5.97 Å². The summed E-state index contributed by atoms with van der Waals surface area (Å²) in [6.45, 7) is 3.15. The number of ether oxygens (including phenoxy) is 1. The van der Waals surface area contributed by atoms with Crippen LogP contribution < -0.4 is 10.5 Å². The molecule has 0 saturated heterocycles. The van der Waals surface area contributed by atoms with E-state index in [1.165, 1.54) is 48.7 Å². The Morgan fingerprint density at radius 1 is 1.02 bits per heavy atom. The number of aliphatic carboxylic acids is 1. The molecule has 3 aliphatic carbocycles. The summed E-state index contributed by atoms with van der Waals surface area (Å²) in [6, 6.07) is 14.9. The number of aromatic nitrogens is 1. The fourth-order valence-electron chi connectivity index (χ4n) is 8.46. The Labute approximate surface area is 330 Å². The first-order chi connectivity index (χ1) is 26.7. The predicted molar refractivity (Wildman–Crippen MR) is 205 cm³/mol. The lowest BCUT2D eigenvalue weighted by atomic mass is 9.55. The van der Waals surface area contributed by atoms with Gasteiger partial charge in [-0.05, 0) is 94.0 Å². The number of aliphatic hydroxyl groups excluding tert-OH is 2. The third kappa shape index (κ3) is 6.32. The van der Waals surface area contributed by atoms with Gasteiger partial charge in [0, 0.05) is 39.1 Å². The van der Waals surface area contributed by atoms with E-state index in [1.807, 2.05) is 0 Å². The van der Waals surface area contributed by atoms with Crippen LogP contribution in [0.5, 0.6) is 11.5 Å². The second kappa shape index (κ2) is 14.5. The zero-order valence-corrected chi connectivity index (χ0v) is 32.2. The zero-order chi connectivity index (χ0) is 42.0. The number of halogens is 1. The minimum absolute atomic E-state index is 0.135. The number of ketones is 2. The molecular weight excluding hydrogens is 762 g/mol. The normalized spacial score (nSPS) is 24.1. The fourth-order valence-corrected chi connectivity index (χ4v) is 8.58. The van der Waals surface area contributed by atoms with Crippen molar-refractivity contribution < 1.29 is 59.3 Å². The number of methoxy groups -OCH3 is 1. The zero-order valence-electron chi connectivity index (χ0n) is 31.4. The fraction of sp³-hybridized carbons (Fsp3) is 0.293. The van der Waals surface area contributed by atoms with E-state index in [0.717, 1.165) is 0 Å². The maximum absolute atomic E-state index is 13.3. The lowest BCUT2D eigenvalue weighted by Gasteiger charge is -2.52. The summed E-state index contributed by atoms with van der Waals surface area (Å²) in [5.74, 6) is -8.47. The Bertz CT molecular complexity index is 2460. The number of carbonyl (C=O) groups excluding carboxylic acids is 4. The first-order valence-electron chi connectivity index (χ1n) is 17.6. The Balaban J connectivity index is 0.000000199. The van der Waals surface area contributed by atoms with Gasteiger partial charge < -0.3 is 41.1 Å². The molecule has 1 aromatic heterocycles. The number of phenolic OH excluding ortho intramolecular Hbond substituents is 1. The van der Waals surface area contributed by atoms with Gasteiger partial charge in [-0.15, -0.1) is 0 Å². The molecule has 16 heteroatoms. The van der Waals surface area contributed by atoms with Gasteiger partial charge in [0.05, 0.1) is 36.3 Å². The number of phenols is 1. The highest BCUT2D eigenvalue weighted by molar-refractivity contribution is 6.30. The van der Waals surface area contributed by atoms with Gasteiger partial charge in [0.15, 0.2) is 11.4 Å². The summed E-state index contributed by atoms with van der Waals surface area (Å²) in [5.41, 5.74) is 1.67. The molecule has 57 heavy (non-hydrogen) atoms. The topological polar surface area (TPSA) is 250 Å². The molecule has 8 N–H and O–H groups in total. The molecule has 0 spiro atoms. The van der Waals surface area contributed by atoms with E-state index in [1.54, 1.807) is 56.5 Å². The Kier molecular flexibility index (Phi) is 10.3. The number of amides is 1. The minimum atomic E-state index is -2.75. The summed E-state index contributed by atoms with van der Waals surface area (Å²) in [6.07, 6.45) is -0.370. The quantitative estimate of drug-likeness (QED) is 0.138. The van der Waals surface area contributed by atoms with Crippen molar-refractivity contribution in [3.63, 3.8) is 0 Å². The summed E-state index contributed by atoms with van der Waals surface area (Å²) >= 11 is 5.89. The third-order valence-corrected chi connectivity index (χ3v) is 11.4. The van der Waals surface area contributed by atoms with Gasteiger partial charge in [-0.3, -0.25) is 33.4 Å². The van der Waals surface area contributed by atoms with Crippen molar-refractivity contribution in [1.29, 1.82) is 0 Å². The van der Waals surface area contributed by atoms with E-state index in [0.29, 0.717) is 38.5 Å². The summed E-state index contributed by atoms with van der Waals surface area (Å²) < 4.78 is 6.77. The summed E-state index contributed by atoms with van der Waals surface area (Å²) in [7, 11) is 4.60. The summed E-state index contributed by atoms with van der Waals surface area (Å²) in [4.78, 5) is 64.1. The van der Waals surface area contributed by atoms with Gasteiger partial charge in [0.2, 0.25) is 5.78 Å². The van der Waals surface area contributed by atoms with E-state index in [2.05, 4.69) is 0 Å². The number of carbonyl (C=O) groups is 5. The molecular formula is C41H40ClN3O12. The van der Waals surface area contributed by atoms with Crippen LogP contribution in [0.1, 0.15) is 50.9 Å². The number of hydrogen-bond donors (Lipinski definition) is 7. The number of primary amides is 1. The number of rotatable bonds is 6. The Hall–Kier alpha value is -6.00. The molecule has 0 saturated carbocycles. The monoisotopic (exact) mass is 801 g/mol. The molecule has 7 rings (SSSR count). The molecule has 3 aliphatic rings. The van der Waals surface area contributed by atoms with Crippen molar-refractivity contribution in [2.75, 3.05) is 21.2 Å². The molecule has 4 aromatic rings. The molecule has 0 unspecified atom stereocenters. The molecule has 0 aliphatic heterocycles. The maximum Gasteiger partial charge on any atom is 0.307 e. The minimum Gasteiger partial charge on any atom is -0.510 e. The smallest absolute Gasteiger partial charge is 0.307 e. The van der Waals surface area contributed by atoms with Crippen molar-refractivity contribution in [3.8, 4) is 11.5 Å². The largest absolute Gasteiger partial charge is 0.510 e. The third-order valence-electron chi connectivity index (χ3n) is 11.2. The van der Waals surface area contributed by atoms with Gasteiger partial charge in [0.1, 0.15) is 28.6 Å². The van der Waals surface area contributed by atoms with Crippen LogP contribution >= 0.6 is 11.6 Å². The number of aromatic hydroxyl groups is 1. The lowest BCUT2D eigenvalue weighted by Crippen LogP contribution is -2.65. The number of fused-ring (bicyclic) bond motifs is 4. The van der Waals surface area contributed by atoms with Crippen LogP contribution in [0.4, 0.5) is 0 Å². The van der Waals surface area contributed by atoms with E-state index < -0.39 is 80.9 Å². The Morgan fingerprint density at radius 3 is 2.25 bits per heavy atom. The average molecular weight is 802 g/mol. The number of aliphatic hydroxyl groups is 4. The van der Waals surface area contributed by atoms with Crippen molar-refractivity contribution in [3.05, 3.63) is 116 Å². The molecule has 15 nitrogen and oxygen atoms in total. The highest BCUT2D eigenvalue weighted by Crippen LogP contribution is 2.56. The summed E-state index contributed by atoms with van der Waals surface area (Å²) in [5, 5.41) is 65.5. The average Bonchev–Trinajstić information content (AvgIpc) is 3.41. The van der Waals surface area contributed by atoms with E-state index >= 15 is 0 Å². The van der Waals surface area contributed by atoms with Crippen LogP contribution in [0.15, 0.2) is 83.3 Å². The van der Waals surface area contributed by atoms with Crippen LogP contribution in [0.25, 0.3) is 10.9 Å². The molecule has 1 heterocycles.